The standard InChI is InChI=1S/C23H20N2OS/c1-26-21-13-12-18(14-19(21)24)20-15-27-23(25-20)22(16-8-4-2-5-9-16)17-10-6-3-7-11-17/h2-15,22H,24H2,1H3. The van der Waals surface area contributed by atoms with E-state index in [0.717, 1.165) is 16.3 Å². The summed E-state index contributed by atoms with van der Waals surface area (Å²) in [6, 6.07) is 26.8. The number of hydrogen-bond donors (Lipinski definition) is 1. The molecule has 0 amide bonds. The molecule has 1 aromatic heterocycles. The zero-order chi connectivity index (χ0) is 18.6. The Morgan fingerprint density at radius 2 is 1.52 bits per heavy atom. The van der Waals surface area contributed by atoms with Crippen molar-refractivity contribution < 1.29 is 4.74 Å². The summed E-state index contributed by atoms with van der Waals surface area (Å²) in [5.41, 5.74) is 11.1. The molecule has 27 heavy (non-hydrogen) atoms. The summed E-state index contributed by atoms with van der Waals surface area (Å²) in [5.74, 6) is 0.794. The fraction of sp³-hybridized carbons (Fsp3) is 0.0870. The highest BCUT2D eigenvalue weighted by atomic mass is 32.1. The lowest BCUT2D eigenvalue weighted by molar-refractivity contribution is 0.417. The first kappa shape index (κ1) is 17.3. The van der Waals surface area contributed by atoms with Gasteiger partial charge in [-0.3, -0.25) is 0 Å². The number of nitrogens with zero attached hydrogens (tertiary/aromatic N) is 1. The van der Waals surface area contributed by atoms with Crippen molar-refractivity contribution in [1.29, 1.82) is 0 Å². The zero-order valence-electron chi connectivity index (χ0n) is 15.0. The van der Waals surface area contributed by atoms with Crippen molar-refractivity contribution in [2.75, 3.05) is 12.8 Å². The van der Waals surface area contributed by atoms with Crippen LogP contribution in [0.3, 0.4) is 0 Å². The monoisotopic (exact) mass is 372 g/mol. The number of hydrogen-bond acceptors (Lipinski definition) is 4. The minimum atomic E-state index is 0.113. The molecule has 1 heterocycles. The Morgan fingerprint density at radius 1 is 0.889 bits per heavy atom. The number of nitrogens with two attached hydrogens (primary N) is 1. The number of nitrogen functional groups attached to an aromatic ring is 1. The van der Waals surface area contributed by atoms with Gasteiger partial charge in [0, 0.05) is 10.9 Å². The Morgan fingerprint density at radius 3 is 2.07 bits per heavy atom. The summed E-state index contributed by atoms with van der Waals surface area (Å²) >= 11 is 1.67. The second-order valence-electron chi connectivity index (χ2n) is 6.28. The number of ether oxygens (including phenoxy) is 1. The molecule has 134 valence electrons. The van der Waals surface area contributed by atoms with Crippen molar-refractivity contribution in [3.05, 3.63) is 100 Å². The first-order valence-corrected chi connectivity index (χ1v) is 9.63. The molecule has 4 heteroatoms. The molecule has 0 fully saturated rings. The molecule has 4 aromatic rings. The molecule has 0 atom stereocenters. The molecule has 0 unspecified atom stereocenters. The van der Waals surface area contributed by atoms with Gasteiger partial charge < -0.3 is 10.5 Å². The maximum absolute atomic E-state index is 6.07. The van der Waals surface area contributed by atoms with Crippen molar-refractivity contribution in [3.63, 3.8) is 0 Å². The Bertz CT molecular complexity index is 989. The molecule has 0 saturated carbocycles. The van der Waals surface area contributed by atoms with Gasteiger partial charge in [-0.25, -0.2) is 4.98 Å². The molecular formula is C23H20N2OS. The molecule has 0 aliphatic rings. The molecule has 0 aliphatic heterocycles. The first-order valence-electron chi connectivity index (χ1n) is 8.75. The van der Waals surface area contributed by atoms with Crippen LogP contribution in [-0.4, -0.2) is 12.1 Å². The highest BCUT2D eigenvalue weighted by molar-refractivity contribution is 7.10. The third kappa shape index (κ3) is 3.57. The predicted molar refractivity (Wildman–Crippen MR) is 112 cm³/mol. The SMILES string of the molecule is COc1ccc(-c2csc(C(c3ccccc3)c3ccccc3)n2)cc1N. The molecule has 0 bridgehead atoms. The summed E-state index contributed by atoms with van der Waals surface area (Å²) in [6.45, 7) is 0. The third-order valence-electron chi connectivity index (χ3n) is 4.56. The number of anilines is 1. The van der Waals surface area contributed by atoms with Gasteiger partial charge in [-0.1, -0.05) is 60.7 Å². The van der Waals surface area contributed by atoms with Crippen LogP contribution in [0.4, 0.5) is 5.69 Å². The van der Waals surface area contributed by atoms with Crippen LogP contribution in [-0.2, 0) is 0 Å². The number of benzene rings is 3. The Hall–Kier alpha value is -3.11. The average molecular weight is 372 g/mol. The molecule has 0 spiro atoms. The van der Waals surface area contributed by atoms with Gasteiger partial charge in [0.25, 0.3) is 0 Å². The van der Waals surface area contributed by atoms with Crippen molar-refractivity contribution >= 4 is 17.0 Å². The number of thiazole rings is 1. The summed E-state index contributed by atoms with van der Waals surface area (Å²) < 4.78 is 5.25. The maximum atomic E-state index is 6.07. The van der Waals surface area contributed by atoms with Gasteiger partial charge in [0.15, 0.2) is 0 Å². The summed E-state index contributed by atoms with van der Waals surface area (Å²) in [7, 11) is 1.62. The van der Waals surface area contributed by atoms with Crippen LogP contribution in [0.2, 0.25) is 0 Å². The number of methoxy groups -OCH3 is 1. The number of rotatable bonds is 5. The van der Waals surface area contributed by atoms with Crippen LogP contribution >= 0.6 is 11.3 Å². The fourth-order valence-corrected chi connectivity index (χ4v) is 4.20. The molecule has 0 saturated heterocycles. The Balaban J connectivity index is 1.76. The van der Waals surface area contributed by atoms with E-state index in [0.29, 0.717) is 11.4 Å². The minimum Gasteiger partial charge on any atom is -0.495 e. The third-order valence-corrected chi connectivity index (χ3v) is 5.47. The second kappa shape index (κ2) is 7.64. The molecule has 2 N–H and O–H groups in total. The molecule has 3 aromatic carbocycles. The normalized spacial score (nSPS) is 10.9. The van der Waals surface area contributed by atoms with E-state index in [1.165, 1.54) is 11.1 Å². The quantitative estimate of drug-likeness (QED) is 0.465. The van der Waals surface area contributed by atoms with Gasteiger partial charge in [0.1, 0.15) is 10.8 Å². The van der Waals surface area contributed by atoms with E-state index < -0.39 is 0 Å². The lowest BCUT2D eigenvalue weighted by Gasteiger charge is -2.15. The van der Waals surface area contributed by atoms with E-state index in [1.54, 1.807) is 18.4 Å². The van der Waals surface area contributed by atoms with E-state index in [2.05, 4.69) is 53.9 Å². The predicted octanol–water partition coefficient (Wildman–Crippen LogP) is 5.58. The summed E-state index contributed by atoms with van der Waals surface area (Å²) in [5, 5.41) is 3.16. The van der Waals surface area contributed by atoms with Crippen LogP contribution in [0.25, 0.3) is 11.3 Å². The van der Waals surface area contributed by atoms with E-state index in [4.69, 9.17) is 15.5 Å². The van der Waals surface area contributed by atoms with Crippen molar-refractivity contribution in [2.24, 2.45) is 0 Å². The highest BCUT2D eigenvalue weighted by Crippen LogP contribution is 2.36. The van der Waals surface area contributed by atoms with Crippen molar-refractivity contribution in [2.45, 2.75) is 5.92 Å². The van der Waals surface area contributed by atoms with Gasteiger partial charge in [-0.05, 0) is 29.3 Å². The summed E-state index contributed by atoms with van der Waals surface area (Å²) in [4.78, 5) is 4.95. The smallest absolute Gasteiger partial charge is 0.141 e. The van der Waals surface area contributed by atoms with E-state index in [9.17, 15) is 0 Å². The van der Waals surface area contributed by atoms with Gasteiger partial charge in [0.2, 0.25) is 0 Å². The summed E-state index contributed by atoms with van der Waals surface area (Å²) in [6.07, 6.45) is 0. The minimum absolute atomic E-state index is 0.113. The fourth-order valence-electron chi connectivity index (χ4n) is 3.22. The van der Waals surface area contributed by atoms with Crippen LogP contribution in [0.1, 0.15) is 22.1 Å². The molecular weight excluding hydrogens is 352 g/mol. The van der Waals surface area contributed by atoms with E-state index >= 15 is 0 Å². The lowest BCUT2D eigenvalue weighted by Crippen LogP contribution is -2.02. The Labute approximate surface area is 163 Å². The second-order valence-corrected chi connectivity index (χ2v) is 7.17. The first-order chi connectivity index (χ1) is 13.3. The lowest BCUT2D eigenvalue weighted by atomic mass is 9.92. The molecule has 3 nitrogen and oxygen atoms in total. The topological polar surface area (TPSA) is 48.1 Å². The van der Waals surface area contributed by atoms with Crippen LogP contribution < -0.4 is 10.5 Å². The molecule has 0 aliphatic carbocycles. The van der Waals surface area contributed by atoms with Gasteiger partial charge in [0.05, 0.1) is 24.4 Å². The van der Waals surface area contributed by atoms with E-state index in [-0.39, 0.29) is 5.92 Å². The Kier molecular flexibility index (Phi) is 4.90. The van der Waals surface area contributed by atoms with E-state index in [1.807, 2.05) is 30.3 Å². The number of aromatic nitrogens is 1. The molecule has 4 rings (SSSR count). The van der Waals surface area contributed by atoms with Crippen LogP contribution in [0.5, 0.6) is 5.75 Å². The maximum Gasteiger partial charge on any atom is 0.141 e. The zero-order valence-corrected chi connectivity index (χ0v) is 15.8. The van der Waals surface area contributed by atoms with Gasteiger partial charge in [-0.15, -0.1) is 11.3 Å². The average Bonchev–Trinajstić information content (AvgIpc) is 3.19. The van der Waals surface area contributed by atoms with Gasteiger partial charge in [-0.2, -0.15) is 0 Å². The highest BCUT2D eigenvalue weighted by Gasteiger charge is 2.20. The van der Waals surface area contributed by atoms with Crippen LogP contribution in [0, 0.1) is 0 Å². The largest absolute Gasteiger partial charge is 0.495 e. The molecule has 0 radical (unpaired) electrons. The van der Waals surface area contributed by atoms with Crippen molar-refractivity contribution in [3.8, 4) is 17.0 Å². The van der Waals surface area contributed by atoms with Gasteiger partial charge >= 0.3 is 0 Å². The van der Waals surface area contributed by atoms with Crippen molar-refractivity contribution in [1.82, 2.24) is 4.98 Å². The van der Waals surface area contributed by atoms with Crippen LogP contribution in [0.15, 0.2) is 84.2 Å².